The van der Waals surface area contributed by atoms with Crippen LogP contribution >= 0.6 is 0 Å². The molecule has 0 unspecified atom stereocenters. The molecule has 0 atom stereocenters. The third-order valence-electron chi connectivity index (χ3n) is 3.60. The van der Waals surface area contributed by atoms with Gasteiger partial charge in [-0.3, -0.25) is 4.90 Å². The number of anilines is 1. The van der Waals surface area contributed by atoms with E-state index in [4.69, 9.17) is 4.74 Å². The number of aliphatic hydroxyl groups is 1. The molecule has 0 fully saturated rings. The number of nitrogens with zero attached hydrogens (tertiary/aromatic N) is 1. The summed E-state index contributed by atoms with van der Waals surface area (Å²) in [4.78, 5) is 13.8. The van der Waals surface area contributed by atoms with Crippen LogP contribution in [0.15, 0.2) is 54.6 Å². The van der Waals surface area contributed by atoms with E-state index in [1.54, 1.807) is 0 Å². The number of carbonyl (C=O) groups is 1. The molecule has 0 saturated heterocycles. The Morgan fingerprint density at radius 1 is 1.13 bits per heavy atom. The minimum Gasteiger partial charge on any atom is -0.444 e. The van der Waals surface area contributed by atoms with Crippen molar-refractivity contribution in [3.8, 4) is 0 Å². The van der Waals surface area contributed by atoms with E-state index in [0.717, 1.165) is 16.8 Å². The zero-order valence-electron chi connectivity index (χ0n) is 13.6. The zero-order chi connectivity index (χ0) is 16.7. The lowest BCUT2D eigenvalue weighted by molar-refractivity contribution is 0.145. The van der Waals surface area contributed by atoms with E-state index in [2.05, 4.69) is 13.8 Å². The third kappa shape index (κ3) is 4.83. The highest BCUT2D eigenvalue weighted by Gasteiger charge is 2.17. The summed E-state index contributed by atoms with van der Waals surface area (Å²) < 4.78 is 5.37. The molecule has 0 radical (unpaired) electrons. The lowest BCUT2D eigenvalue weighted by Crippen LogP contribution is -2.34. The SMILES string of the molecule is CC(C)c1cccc(N(CCO)C(=O)OCc2ccccc2)c1. The molecule has 122 valence electrons. The van der Waals surface area contributed by atoms with Gasteiger partial charge < -0.3 is 9.84 Å². The van der Waals surface area contributed by atoms with Crippen LogP contribution in [0.25, 0.3) is 0 Å². The Labute approximate surface area is 137 Å². The van der Waals surface area contributed by atoms with Crippen molar-refractivity contribution in [2.45, 2.75) is 26.4 Å². The van der Waals surface area contributed by atoms with Crippen molar-refractivity contribution in [1.29, 1.82) is 0 Å². The number of benzene rings is 2. The summed E-state index contributed by atoms with van der Waals surface area (Å²) in [7, 11) is 0. The minimum absolute atomic E-state index is 0.119. The number of hydrogen-bond acceptors (Lipinski definition) is 3. The molecule has 0 aliphatic carbocycles. The second-order valence-corrected chi connectivity index (χ2v) is 5.67. The summed E-state index contributed by atoms with van der Waals surface area (Å²) in [6.07, 6.45) is -0.455. The Kier molecular flexibility index (Phi) is 6.18. The standard InChI is InChI=1S/C19H23NO3/c1-15(2)17-9-6-10-18(13-17)20(11-12-21)19(22)23-14-16-7-4-3-5-8-16/h3-10,13,15,21H,11-12,14H2,1-2H3. The van der Waals surface area contributed by atoms with Gasteiger partial charge in [-0.1, -0.05) is 56.3 Å². The van der Waals surface area contributed by atoms with Gasteiger partial charge in [-0.25, -0.2) is 4.79 Å². The van der Waals surface area contributed by atoms with E-state index in [1.807, 2.05) is 54.6 Å². The molecule has 0 bridgehead atoms. The lowest BCUT2D eigenvalue weighted by atomic mass is 10.0. The third-order valence-corrected chi connectivity index (χ3v) is 3.60. The highest BCUT2D eigenvalue weighted by molar-refractivity contribution is 5.87. The molecule has 0 heterocycles. The molecule has 2 aromatic rings. The second-order valence-electron chi connectivity index (χ2n) is 5.67. The Balaban J connectivity index is 2.10. The summed E-state index contributed by atoms with van der Waals surface area (Å²) >= 11 is 0. The van der Waals surface area contributed by atoms with Crippen molar-refractivity contribution in [2.24, 2.45) is 0 Å². The highest BCUT2D eigenvalue weighted by atomic mass is 16.6. The van der Waals surface area contributed by atoms with Gasteiger partial charge in [-0.15, -0.1) is 0 Å². The highest BCUT2D eigenvalue weighted by Crippen LogP contribution is 2.22. The maximum absolute atomic E-state index is 12.4. The summed E-state index contributed by atoms with van der Waals surface area (Å²) in [5.74, 6) is 0.367. The monoisotopic (exact) mass is 313 g/mol. The van der Waals surface area contributed by atoms with Crippen molar-refractivity contribution in [1.82, 2.24) is 0 Å². The first-order valence-electron chi connectivity index (χ1n) is 7.81. The fraction of sp³-hybridized carbons (Fsp3) is 0.316. The molecule has 1 amide bonds. The minimum atomic E-state index is -0.455. The lowest BCUT2D eigenvalue weighted by Gasteiger charge is -2.22. The van der Waals surface area contributed by atoms with Crippen LogP contribution in [0.5, 0.6) is 0 Å². The normalized spacial score (nSPS) is 10.6. The van der Waals surface area contributed by atoms with E-state index in [9.17, 15) is 9.90 Å². The van der Waals surface area contributed by atoms with Crippen LogP contribution in [-0.4, -0.2) is 24.4 Å². The van der Waals surface area contributed by atoms with Crippen LogP contribution in [0.1, 0.15) is 30.9 Å². The zero-order valence-corrected chi connectivity index (χ0v) is 13.6. The Hall–Kier alpha value is -2.33. The molecule has 0 spiro atoms. The number of hydrogen-bond donors (Lipinski definition) is 1. The molecule has 4 nitrogen and oxygen atoms in total. The summed E-state index contributed by atoms with van der Waals surface area (Å²) in [5, 5.41) is 9.26. The maximum Gasteiger partial charge on any atom is 0.414 e. The number of amides is 1. The smallest absolute Gasteiger partial charge is 0.414 e. The van der Waals surface area contributed by atoms with Gasteiger partial charge in [0.15, 0.2) is 0 Å². The van der Waals surface area contributed by atoms with Gasteiger partial charge in [-0.05, 0) is 29.2 Å². The van der Waals surface area contributed by atoms with Crippen molar-refractivity contribution in [3.05, 3.63) is 65.7 Å². The summed E-state index contributed by atoms with van der Waals surface area (Å²) in [5.41, 5.74) is 2.81. The average Bonchev–Trinajstić information content (AvgIpc) is 2.58. The van der Waals surface area contributed by atoms with E-state index >= 15 is 0 Å². The Bertz CT molecular complexity index is 626. The average molecular weight is 313 g/mol. The van der Waals surface area contributed by atoms with Crippen molar-refractivity contribution >= 4 is 11.8 Å². The van der Waals surface area contributed by atoms with Gasteiger partial charge in [0.25, 0.3) is 0 Å². The number of rotatable bonds is 6. The largest absolute Gasteiger partial charge is 0.444 e. The van der Waals surface area contributed by atoms with E-state index in [1.165, 1.54) is 4.90 Å². The number of carbonyl (C=O) groups excluding carboxylic acids is 1. The number of ether oxygens (including phenoxy) is 1. The van der Waals surface area contributed by atoms with E-state index < -0.39 is 6.09 Å². The summed E-state index contributed by atoms with van der Waals surface area (Å²) in [6, 6.07) is 17.3. The first-order chi connectivity index (χ1) is 11.1. The predicted molar refractivity (Wildman–Crippen MR) is 91.6 cm³/mol. The second kappa shape index (κ2) is 8.34. The number of aliphatic hydroxyl groups excluding tert-OH is 1. The molecular formula is C19H23NO3. The predicted octanol–water partition coefficient (Wildman–Crippen LogP) is 3.95. The van der Waals surface area contributed by atoms with Crippen LogP contribution in [0.2, 0.25) is 0 Å². The molecule has 0 aliphatic rings. The van der Waals surface area contributed by atoms with Gasteiger partial charge in [-0.2, -0.15) is 0 Å². The molecule has 0 saturated carbocycles. The van der Waals surface area contributed by atoms with Gasteiger partial charge >= 0.3 is 6.09 Å². The fourth-order valence-electron chi connectivity index (χ4n) is 2.27. The Morgan fingerprint density at radius 2 is 1.87 bits per heavy atom. The molecular weight excluding hydrogens is 290 g/mol. The quantitative estimate of drug-likeness (QED) is 0.878. The van der Waals surface area contributed by atoms with Crippen LogP contribution in [-0.2, 0) is 11.3 Å². The first-order valence-corrected chi connectivity index (χ1v) is 7.81. The van der Waals surface area contributed by atoms with Crippen LogP contribution in [0.4, 0.5) is 10.5 Å². The van der Waals surface area contributed by atoms with Gasteiger partial charge in [0.1, 0.15) is 6.61 Å². The molecule has 0 aromatic heterocycles. The summed E-state index contributed by atoms with van der Waals surface area (Å²) in [6.45, 7) is 4.50. The fourth-order valence-corrected chi connectivity index (χ4v) is 2.27. The molecule has 23 heavy (non-hydrogen) atoms. The molecule has 1 N–H and O–H groups in total. The van der Waals surface area contributed by atoms with Crippen molar-refractivity contribution in [2.75, 3.05) is 18.1 Å². The molecule has 0 aliphatic heterocycles. The van der Waals surface area contributed by atoms with Crippen LogP contribution in [0.3, 0.4) is 0 Å². The van der Waals surface area contributed by atoms with Gasteiger partial charge in [0, 0.05) is 5.69 Å². The van der Waals surface area contributed by atoms with Crippen molar-refractivity contribution in [3.63, 3.8) is 0 Å². The van der Waals surface area contributed by atoms with Crippen molar-refractivity contribution < 1.29 is 14.6 Å². The first kappa shape index (κ1) is 17.0. The van der Waals surface area contributed by atoms with E-state index in [0.29, 0.717) is 5.92 Å². The van der Waals surface area contributed by atoms with Crippen LogP contribution in [0, 0.1) is 0 Å². The van der Waals surface area contributed by atoms with Crippen LogP contribution < -0.4 is 4.90 Å². The molecule has 2 aromatic carbocycles. The van der Waals surface area contributed by atoms with Gasteiger partial charge in [0.2, 0.25) is 0 Å². The maximum atomic E-state index is 12.4. The van der Waals surface area contributed by atoms with E-state index in [-0.39, 0.29) is 19.8 Å². The molecule has 4 heteroatoms. The molecule has 2 rings (SSSR count). The van der Waals surface area contributed by atoms with Gasteiger partial charge in [0.05, 0.1) is 13.2 Å². The topological polar surface area (TPSA) is 49.8 Å². The Morgan fingerprint density at radius 3 is 2.52 bits per heavy atom.